The Kier molecular flexibility index (Phi) is 4.68. The number of hydrogen-bond donors (Lipinski definition) is 1. The lowest BCUT2D eigenvalue weighted by molar-refractivity contribution is 0.118. The molecule has 1 aliphatic carbocycles. The second kappa shape index (κ2) is 5.89. The zero-order valence-electron chi connectivity index (χ0n) is 12.5. The van der Waals surface area contributed by atoms with Crippen LogP contribution in [0.4, 0.5) is 0 Å². The summed E-state index contributed by atoms with van der Waals surface area (Å²) >= 11 is 0. The van der Waals surface area contributed by atoms with Gasteiger partial charge in [0.05, 0.1) is 0 Å². The van der Waals surface area contributed by atoms with E-state index in [4.69, 9.17) is 5.73 Å². The van der Waals surface area contributed by atoms with Crippen LogP contribution in [0.1, 0.15) is 46.0 Å². The molecule has 1 aliphatic heterocycles. The van der Waals surface area contributed by atoms with E-state index in [1.165, 1.54) is 45.2 Å². The molecular formula is C15H31N3. The van der Waals surface area contributed by atoms with Gasteiger partial charge in [-0.1, -0.05) is 33.1 Å². The first-order valence-corrected chi connectivity index (χ1v) is 7.66. The second-order valence-electron chi connectivity index (χ2n) is 7.19. The molecule has 0 amide bonds. The number of rotatable bonds is 2. The highest BCUT2D eigenvalue weighted by atomic mass is 15.3. The molecule has 3 heteroatoms. The van der Waals surface area contributed by atoms with Gasteiger partial charge in [-0.3, -0.25) is 4.90 Å². The molecule has 0 aromatic rings. The molecule has 3 nitrogen and oxygen atoms in total. The molecule has 0 bridgehead atoms. The summed E-state index contributed by atoms with van der Waals surface area (Å²) in [6.07, 6.45) is 7.08. The lowest BCUT2D eigenvalue weighted by Gasteiger charge is -2.37. The molecule has 2 rings (SSSR count). The molecule has 18 heavy (non-hydrogen) atoms. The average Bonchev–Trinajstić information content (AvgIpc) is 2.45. The van der Waals surface area contributed by atoms with E-state index in [0.717, 1.165) is 19.1 Å². The van der Waals surface area contributed by atoms with Crippen molar-refractivity contribution in [3.8, 4) is 0 Å². The van der Waals surface area contributed by atoms with Crippen molar-refractivity contribution < 1.29 is 0 Å². The molecule has 106 valence electrons. The fourth-order valence-electron chi connectivity index (χ4n) is 3.86. The Bertz CT molecular complexity index is 258. The third-order valence-electron chi connectivity index (χ3n) is 4.74. The SMILES string of the molecule is CN1CC(C)(C)CN(C2CCCCC2)CC1CN. The van der Waals surface area contributed by atoms with E-state index in [9.17, 15) is 0 Å². The van der Waals surface area contributed by atoms with Crippen molar-refractivity contribution in [3.63, 3.8) is 0 Å². The summed E-state index contributed by atoms with van der Waals surface area (Å²) in [5, 5.41) is 0. The van der Waals surface area contributed by atoms with Crippen molar-refractivity contribution in [1.29, 1.82) is 0 Å². The summed E-state index contributed by atoms with van der Waals surface area (Å²) in [5.41, 5.74) is 6.36. The molecular weight excluding hydrogens is 222 g/mol. The Morgan fingerprint density at radius 2 is 1.78 bits per heavy atom. The van der Waals surface area contributed by atoms with E-state index in [2.05, 4.69) is 30.7 Å². The monoisotopic (exact) mass is 253 g/mol. The third kappa shape index (κ3) is 3.46. The summed E-state index contributed by atoms with van der Waals surface area (Å²) < 4.78 is 0. The standard InChI is InChI=1S/C15H31N3/c1-15(2)11-17(3)14(9-16)10-18(12-15)13-7-5-4-6-8-13/h13-14H,4-12,16H2,1-3H3. The minimum atomic E-state index is 0.385. The van der Waals surface area contributed by atoms with Crippen molar-refractivity contribution >= 4 is 0 Å². The van der Waals surface area contributed by atoms with Gasteiger partial charge < -0.3 is 10.6 Å². The average molecular weight is 253 g/mol. The fraction of sp³-hybridized carbons (Fsp3) is 1.00. The van der Waals surface area contributed by atoms with E-state index in [-0.39, 0.29) is 0 Å². The van der Waals surface area contributed by atoms with Crippen LogP contribution >= 0.6 is 0 Å². The molecule has 1 saturated heterocycles. The number of likely N-dealkylation sites (N-methyl/N-ethyl adjacent to an activating group) is 1. The molecule has 1 unspecified atom stereocenters. The van der Waals surface area contributed by atoms with Crippen LogP contribution in [0.2, 0.25) is 0 Å². The van der Waals surface area contributed by atoms with Gasteiger partial charge in [-0.05, 0) is 25.3 Å². The van der Waals surface area contributed by atoms with Gasteiger partial charge in [0, 0.05) is 38.3 Å². The van der Waals surface area contributed by atoms with E-state index >= 15 is 0 Å². The van der Waals surface area contributed by atoms with Crippen LogP contribution in [0.15, 0.2) is 0 Å². The molecule has 0 aromatic carbocycles. The summed E-state index contributed by atoms with van der Waals surface area (Å²) in [7, 11) is 2.24. The van der Waals surface area contributed by atoms with Crippen LogP contribution in [0, 0.1) is 5.41 Å². The number of nitrogens with zero attached hydrogens (tertiary/aromatic N) is 2. The summed E-state index contributed by atoms with van der Waals surface area (Å²) in [6.45, 7) is 9.16. The van der Waals surface area contributed by atoms with Crippen LogP contribution in [0.25, 0.3) is 0 Å². The van der Waals surface area contributed by atoms with Crippen molar-refractivity contribution in [2.45, 2.75) is 58.0 Å². The van der Waals surface area contributed by atoms with Crippen molar-refractivity contribution in [2.75, 3.05) is 33.2 Å². The van der Waals surface area contributed by atoms with E-state index in [1.54, 1.807) is 0 Å². The van der Waals surface area contributed by atoms with Crippen molar-refractivity contribution in [3.05, 3.63) is 0 Å². The molecule has 1 atom stereocenters. The number of hydrogen-bond acceptors (Lipinski definition) is 3. The molecule has 2 N–H and O–H groups in total. The first-order valence-electron chi connectivity index (χ1n) is 7.66. The third-order valence-corrected chi connectivity index (χ3v) is 4.74. The van der Waals surface area contributed by atoms with Crippen LogP contribution in [-0.2, 0) is 0 Å². The number of nitrogens with two attached hydrogens (primary N) is 1. The summed E-state index contributed by atoms with van der Waals surface area (Å²) in [6, 6.07) is 1.35. The molecule has 1 saturated carbocycles. The molecule has 0 spiro atoms. The van der Waals surface area contributed by atoms with Crippen LogP contribution in [0.5, 0.6) is 0 Å². The highest BCUT2D eigenvalue weighted by Crippen LogP contribution is 2.29. The van der Waals surface area contributed by atoms with Crippen LogP contribution in [0.3, 0.4) is 0 Å². The molecule has 1 heterocycles. The molecule has 2 aliphatic rings. The minimum absolute atomic E-state index is 0.385. The molecule has 0 aromatic heterocycles. The maximum atomic E-state index is 5.98. The van der Waals surface area contributed by atoms with E-state index < -0.39 is 0 Å². The predicted octanol–water partition coefficient (Wildman–Crippen LogP) is 1.92. The highest BCUT2D eigenvalue weighted by Gasteiger charge is 2.34. The largest absolute Gasteiger partial charge is 0.329 e. The molecule has 2 fully saturated rings. The Morgan fingerprint density at radius 3 is 2.39 bits per heavy atom. The minimum Gasteiger partial charge on any atom is -0.329 e. The first-order chi connectivity index (χ1) is 8.52. The summed E-state index contributed by atoms with van der Waals surface area (Å²) in [5.74, 6) is 0. The van der Waals surface area contributed by atoms with Gasteiger partial charge in [0.1, 0.15) is 0 Å². The maximum Gasteiger partial charge on any atom is 0.0342 e. The van der Waals surface area contributed by atoms with Gasteiger partial charge in [0.15, 0.2) is 0 Å². The highest BCUT2D eigenvalue weighted by molar-refractivity contribution is 4.90. The maximum absolute atomic E-state index is 5.98. The Morgan fingerprint density at radius 1 is 1.11 bits per heavy atom. The van der Waals surface area contributed by atoms with Crippen LogP contribution in [-0.4, -0.2) is 55.1 Å². The van der Waals surface area contributed by atoms with Gasteiger partial charge in [-0.15, -0.1) is 0 Å². The van der Waals surface area contributed by atoms with Gasteiger partial charge in [-0.2, -0.15) is 0 Å². The zero-order valence-corrected chi connectivity index (χ0v) is 12.5. The Balaban J connectivity index is 2.07. The zero-order chi connectivity index (χ0) is 13.2. The fourth-order valence-corrected chi connectivity index (χ4v) is 3.86. The summed E-state index contributed by atoms with van der Waals surface area (Å²) in [4.78, 5) is 5.23. The van der Waals surface area contributed by atoms with Crippen molar-refractivity contribution in [2.24, 2.45) is 11.1 Å². The second-order valence-corrected chi connectivity index (χ2v) is 7.19. The topological polar surface area (TPSA) is 32.5 Å². The van der Waals surface area contributed by atoms with Crippen molar-refractivity contribution in [1.82, 2.24) is 9.80 Å². The Labute approximate surface area is 113 Å². The Hall–Kier alpha value is -0.120. The lowest BCUT2D eigenvalue weighted by atomic mass is 9.89. The van der Waals surface area contributed by atoms with Gasteiger partial charge in [0.2, 0.25) is 0 Å². The smallest absolute Gasteiger partial charge is 0.0342 e. The van der Waals surface area contributed by atoms with Crippen LogP contribution < -0.4 is 5.73 Å². The van der Waals surface area contributed by atoms with Gasteiger partial charge in [-0.25, -0.2) is 0 Å². The van der Waals surface area contributed by atoms with E-state index in [1.807, 2.05) is 0 Å². The van der Waals surface area contributed by atoms with Gasteiger partial charge in [0.25, 0.3) is 0 Å². The van der Waals surface area contributed by atoms with Gasteiger partial charge >= 0.3 is 0 Å². The predicted molar refractivity (Wildman–Crippen MR) is 77.7 cm³/mol. The van der Waals surface area contributed by atoms with E-state index in [0.29, 0.717) is 11.5 Å². The quantitative estimate of drug-likeness (QED) is 0.816. The normalized spacial score (nSPS) is 32.3. The molecule has 0 radical (unpaired) electrons. The lowest BCUT2D eigenvalue weighted by Crippen LogP contribution is -2.47. The first kappa shape index (κ1) is 14.3.